The first-order valence-corrected chi connectivity index (χ1v) is 9.68. The molecule has 0 aliphatic carbocycles. The predicted molar refractivity (Wildman–Crippen MR) is 103 cm³/mol. The first-order valence-electron chi connectivity index (χ1n) is 9.68. The van der Waals surface area contributed by atoms with Gasteiger partial charge >= 0.3 is 5.97 Å². The van der Waals surface area contributed by atoms with Crippen molar-refractivity contribution in [3.05, 3.63) is 30.1 Å². The van der Waals surface area contributed by atoms with Crippen LogP contribution in [0.1, 0.15) is 25.6 Å². The van der Waals surface area contributed by atoms with Crippen LogP contribution in [0.15, 0.2) is 24.3 Å². The Kier molecular flexibility index (Phi) is 7.12. The van der Waals surface area contributed by atoms with E-state index in [2.05, 4.69) is 20.4 Å². The van der Waals surface area contributed by atoms with Gasteiger partial charge in [-0.15, -0.1) is 5.10 Å². The van der Waals surface area contributed by atoms with Gasteiger partial charge in [-0.3, -0.25) is 14.5 Å². The molecule has 2 aromatic rings. The maximum atomic E-state index is 12.3. The van der Waals surface area contributed by atoms with E-state index in [1.54, 1.807) is 23.6 Å². The zero-order valence-corrected chi connectivity index (χ0v) is 16.8. The van der Waals surface area contributed by atoms with Gasteiger partial charge in [0, 0.05) is 32.6 Å². The van der Waals surface area contributed by atoms with E-state index in [4.69, 9.17) is 9.47 Å². The summed E-state index contributed by atoms with van der Waals surface area (Å²) >= 11 is 0. The maximum absolute atomic E-state index is 12.3. The minimum absolute atomic E-state index is 0.0132. The van der Waals surface area contributed by atoms with Crippen molar-refractivity contribution in [2.75, 3.05) is 39.9 Å². The minimum atomic E-state index is -0.329. The first kappa shape index (κ1) is 20.7. The second-order valence-corrected chi connectivity index (χ2v) is 6.67. The van der Waals surface area contributed by atoms with E-state index in [0.29, 0.717) is 26.2 Å². The quantitative estimate of drug-likeness (QED) is 0.594. The standard InChI is InChI=1S/C19H26N6O4/c1-3-29-19(27)9-8-18(26)24-12-10-23(11-13-24)14-17-20-21-22-25(17)15-4-6-16(28-2)7-5-15/h4-7H,3,8-14H2,1-2H3. The monoisotopic (exact) mass is 402 g/mol. The van der Waals surface area contributed by atoms with Gasteiger partial charge in [-0.2, -0.15) is 4.68 Å². The van der Waals surface area contributed by atoms with E-state index >= 15 is 0 Å². The average Bonchev–Trinajstić information content (AvgIpc) is 3.21. The van der Waals surface area contributed by atoms with Gasteiger partial charge in [0.2, 0.25) is 5.91 Å². The number of hydrogen-bond acceptors (Lipinski definition) is 8. The highest BCUT2D eigenvalue weighted by molar-refractivity contribution is 5.81. The van der Waals surface area contributed by atoms with Gasteiger partial charge in [-0.05, 0) is 41.6 Å². The Labute approximate surface area is 169 Å². The number of benzene rings is 1. The van der Waals surface area contributed by atoms with Crippen molar-refractivity contribution >= 4 is 11.9 Å². The van der Waals surface area contributed by atoms with Gasteiger partial charge in [0.1, 0.15) is 5.75 Å². The van der Waals surface area contributed by atoms with Crippen molar-refractivity contribution in [3.63, 3.8) is 0 Å². The molecule has 0 spiro atoms. The summed E-state index contributed by atoms with van der Waals surface area (Å²) in [7, 11) is 1.62. The highest BCUT2D eigenvalue weighted by atomic mass is 16.5. The normalized spacial score (nSPS) is 14.6. The molecule has 1 aromatic carbocycles. The molecule has 1 aromatic heterocycles. The lowest BCUT2D eigenvalue weighted by atomic mass is 10.2. The summed E-state index contributed by atoms with van der Waals surface area (Å²) in [6.07, 6.45) is 0.318. The predicted octanol–water partition coefficient (Wildman–Crippen LogP) is 0.658. The van der Waals surface area contributed by atoms with Crippen LogP contribution in [-0.2, 0) is 20.9 Å². The average molecular weight is 402 g/mol. The minimum Gasteiger partial charge on any atom is -0.497 e. The molecule has 0 saturated carbocycles. The molecule has 0 N–H and O–H groups in total. The van der Waals surface area contributed by atoms with Crippen LogP contribution in [0.4, 0.5) is 0 Å². The summed E-state index contributed by atoms with van der Waals surface area (Å²) in [5.41, 5.74) is 0.860. The van der Waals surface area contributed by atoms with Crippen LogP contribution in [0.2, 0.25) is 0 Å². The Balaban J connectivity index is 1.50. The summed E-state index contributed by atoms with van der Waals surface area (Å²) in [5.74, 6) is 1.16. The lowest BCUT2D eigenvalue weighted by Crippen LogP contribution is -2.48. The zero-order chi connectivity index (χ0) is 20.6. The van der Waals surface area contributed by atoms with Crippen molar-refractivity contribution in [1.82, 2.24) is 30.0 Å². The molecule has 10 heteroatoms. The molecule has 1 aliphatic heterocycles. The van der Waals surface area contributed by atoms with Gasteiger partial charge in [0.05, 0.1) is 32.4 Å². The van der Waals surface area contributed by atoms with E-state index in [1.165, 1.54) is 0 Å². The molecule has 0 unspecified atom stereocenters. The van der Waals surface area contributed by atoms with Gasteiger partial charge in [0.25, 0.3) is 0 Å². The fourth-order valence-corrected chi connectivity index (χ4v) is 3.18. The first-order chi connectivity index (χ1) is 14.1. The molecule has 1 fully saturated rings. The molecule has 10 nitrogen and oxygen atoms in total. The van der Waals surface area contributed by atoms with Crippen LogP contribution >= 0.6 is 0 Å². The Hall–Kier alpha value is -3.01. The number of methoxy groups -OCH3 is 1. The second kappa shape index (κ2) is 9.97. The highest BCUT2D eigenvalue weighted by Gasteiger charge is 2.23. The summed E-state index contributed by atoms with van der Waals surface area (Å²) < 4.78 is 11.8. The molecule has 2 heterocycles. The number of rotatable bonds is 8. The number of amides is 1. The maximum Gasteiger partial charge on any atom is 0.306 e. The number of tetrazole rings is 1. The molecule has 3 rings (SSSR count). The lowest BCUT2D eigenvalue weighted by molar-refractivity contribution is -0.146. The number of carbonyl (C=O) groups is 2. The fraction of sp³-hybridized carbons (Fsp3) is 0.526. The third kappa shape index (κ3) is 5.50. The highest BCUT2D eigenvalue weighted by Crippen LogP contribution is 2.16. The molecule has 1 amide bonds. The smallest absolute Gasteiger partial charge is 0.306 e. The summed E-state index contributed by atoms with van der Waals surface area (Å²) in [4.78, 5) is 27.7. The van der Waals surface area contributed by atoms with Crippen molar-refractivity contribution in [3.8, 4) is 11.4 Å². The number of esters is 1. The number of ether oxygens (including phenoxy) is 2. The zero-order valence-electron chi connectivity index (χ0n) is 16.8. The third-order valence-corrected chi connectivity index (χ3v) is 4.79. The van der Waals surface area contributed by atoms with Crippen LogP contribution < -0.4 is 4.74 Å². The van der Waals surface area contributed by atoms with Crippen molar-refractivity contribution < 1.29 is 19.1 Å². The fourth-order valence-electron chi connectivity index (χ4n) is 3.18. The van der Waals surface area contributed by atoms with E-state index < -0.39 is 0 Å². The number of piperazine rings is 1. The summed E-state index contributed by atoms with van der Waals surface area (Å²) in [6, 6.07) is 7.53. The van der Waals surface area contributed by atoms with Crippen LogP contribution in [0.25, 0.3) is 5.69 Å². The summed E-state index contributed by atoms with van der Waals surface area (Å²) in [6.45, 7) is 5.36. The Morgan fingerprint density at radius 1 is 1.07 bits per heavy atom. The molecule has 1 saturated heterocycles. The van der Waals surface area contributed by atoms with Gasteiger partial charge in [0.15, 0.2) is 5.82 Å². The van der Waals surface area contributed by atoms with E-state index in [0.717, 1.165) is 30.4 Å². The lowest BCUT2D eigenvalue weighted by Gasteiger charge is -2.34. The van der Waals surface area contributed by atoms with E-state index in [1.807, 2.05) is 24.3 Å². The largest absolute Gasteiger partial charge is 0.497 e. The van der Waals surface area contributed by atoms with Crippen LogP contribution in [-0.4, -0.2) is 81.8 Å². The molecule has 0 radical (unpaired) electrons. The Bertz CT molecular complexity index is 814. The Morgan fingerprint density at radius 3 is 2.45 bits per heavy atom. The van der Waals surface area contributed by atoms with Gasteiger partial charge in [-0.25, -0.2) is 0 Å². The molecule has 0 bridgehead atoms. The van der Waals surface area contributed by atoms with Crippen molar-refractivity contribution in [2.45, 2.75) is 26.3 Å². The SMILES string of the molecule is CCOC(=O)CCC(=O)N1CCN(Cc2nnnn2-c2ccc(OC)cc2)CC1. The molecule has 29 heavy (non-hydrogen) atoms. The number of aromatic nitrogens is 4. The third-order valence-electron chi connectivity index (χ3n) is 4.79. The topological polar surface area (TPSA) is 103 Å². The van der Waals surface area contributed by atoms with Gasteiger partial charge < -0.3 is 14.4 Å². The number of carbonyl (C=O) groups excluding carboxylic acids is 2. The van der Waals surface area contributed by atoms with Crippen LogP contribution in [0.5, 0.6) is 5.75 Å². The van der Waals surface area contributed by atoms with Gasteiger partial charge in [-0.1, -0.05) is 0 Å². The summed E-state index contributed by atoms with van der Waals surface area (Å²) in [5, 5.41) is 12.0. The molecule has 156 valence electrons. The molecular formula is C19H26N6O4. The van der Waals surface area contributed by atoms with Crippen molar-refractivity contribution in [1.29, 1.82) is 0 Å². The molecule has 0 atom stereocenters. The van der Waals surface area contributed by atoms with E-state index in [-0.39, 0.29) is 24.7 Å². The van der Waals surface area contributed by atoms with Crippen molar-refractivity contribution in [2.24, 2.45) is 0 Å². The number of hydrogen-bond donors (Lipinski definition) is 0. The van der Waals surface area contributed by atoms with E-state index in [9.17, 15) is 9.59 Å². The Morgan fingerprint density at radius 2 is 1.79 bits per heavy atom. The van der Waals surface area contributed by atoms with Crippen LogP contribution in [0, 0.1) is 0 Å². The number of nitrogens with zero attached hydrogens (tertiary/aromatic N) is 6. The van der Waals surface area contributed by atoms with Crippen LogP contribution in [0.3, 0.4) is 0 Å². The molecular weight excluding hydrogens is 376 g/mol. The molecule has 1 aliphatic rings. The second-order valence-electron chi connectivity index (χ2n) is 6.67.